The van der Waals surface area contributed by atoms with E-state index in [1.807, 2.05) is 0 Å². The van der Waals surface area contributed by atoms with Crippen LogP contribution in [0.25, 0.3) is 0 Å². The fourth-order valence-corrected chi connectivity index (χ4v) is 3.05. The van der Waals surface area contributed by atoms with Crippen LogP contribution in [0.15, 0.2) is 4.52 Å². The van der Waals surface area contributed by atoms with Gasteiger partial charge in [0.05, 0.1) is 0 Å². The van der Waals surface area contributed by atoms with Gasteiger partial charge >= 0.3 is 0 Å². The second-order valence-electron chi connectivity index (χ2n) is 5.88. The molecule has 1 aliphatic rings. The standard InChI is InChI=1S/C15H27N3O/c1-4-13(16-5-2)10-14-17-15(18-19-14)12-8-6-7-11(3)9-12/h11-13,16H,4-10H2,1-3H3. The van der Waals surface area contributed by atoms with Gasteiger partial charge in [-0.1, -0.05) is 38.8 Å². The van der Waals surface area contributed by atoms with Gasteiger partial charge in [-0.25, -0.2) is 0 Å². The zero-order valence-corrected chi connectivity index (χ0v) is 12.5. The number of nitrogens with zero attached hydrogens (tertiary/aromatic N) is 2. The van der Waals surface area contributed by atoms with E-state index in [2.05, 4.69) is 36.2 Å². The molecule has 2 rings (SSSR count). The van der Waals surface area contributed by atoms with E-state index in [1.165, 1.54) is 25.7 Å². The monoisotopic (exact) mass is 265 g/mol. The van der Waals surface area contributed by atoms with Crippen molar-refractivity contribution in [1.82, 2.24) is 15.5 Å². The molecule has 0 spiro atoms. The molecular formula is C15H27N3O. The Hall–Kier alpha value is -0.900. The second-order valence-corrected chi connectivity index (χ2v) is 5.88. The molecule has 0 aliphatic heterocycles. The van der Waals surface area contributed by atoms with Crippen molar-refractivity contribution in [2.75, 3.05) is 6.54 Å². The van der Waals surface area contributed by atoms with Crippen LogP contribution in [0.4, 0.5) is 0 Å². The van der Waals surface area contributed by atoms with Gasteiger partial charge in [-0.2, -0.15) is 4.98 Å². The third kappa shape index (κ3) is 4.03. The Labute approximate surface area is 116 Å². The maximum Gasteiger partial charge on any atom is 0.228 e. The molecule has 19 heavy (non-hydrogen) atoms. The molecule has 0 radical (unpaired) electrons. The number of hydrogen-bond donors (Lipinski definition) is 1. The quantitative estimate of drug-likeness (QED) is 0.857. The van der Waals surface area contributed by atoms with Crippen LogP contribution < -0.4 is 5.32 Å². The van der Waals surface area contributed by atoms with Crippen molar-refractivity contribution in [3.8, 4) is 0 Å². The van der Waals surface area contributed by atoms with Crippen LogP contribution in [0.3, 0.4) is 0 Å². The third-order valence-corrected chi connectivity index (χ3v) is 4.19. The van der Waals surface area contributed by atoms with Crippen molar-refractivity contribution in [2.24, 2.45) is 5.92 Å². The highest BCUT2D eigenvalue weighted by Gasteiger charge is 2.25. The Morgan fingerprint density at radius 2 is 2.21 bits per heavy atom. The predicted octanol–water partition coefficient (Wildman–Crippen LogP) is 3.29. The van der Waals surface area contributed by atoms with E-state index in [-0.39, 0.29) is 0 Å². The van der Waals surface area contributed by atoms with Crippen LogP contribution in [-0.2, 0) is 6.42 Å². The average Bonchev–Trinajstić information content (AvgIpc) is 2.87. The lowest BCUT2D eigenvalue weighted by atomic mass is 9.82. The van der Waals surface area contributed by atoms with E-state index in [9.17, 15) is 0 Å². The summed E-state index contributed by atoms with van der Waals surface area (Å²) in [5, 5.41) is 7.66. The summed E-state index contributed by atoms with van der Waals surface area (Å²) in [4.78, 5) is 4.62. The van der Waals surface area contributed by atoms with E-state index in [4.69, 9.17) is 4.52 Å². The lowest BCUT2D eigenvalue weighted by Gasteiger charge is -2.23. The van der Waals surface area contributed by atoms with Crippen molar-refractivity contribution in [3.05, 3.63) is 11.7 Å². The molecule has 4 heteroatoms. The second kappa shape index (κ2) is 7.04. The minimum atomic E-state index is 0.448. The number of aromatic nitrogens is 2. The molecule has 1 heterocycles. The van der Waals surface area contributed by atoms with Crippen molar-refractivity contribution in [2.45, 2.75) is 71.3 Å². The number of likely N-dealkylation sites (N-methyl/N-ethyl adjacent to an activating group) is 1. The van der Waals surface area contributed by atoms with Gasteiger partial charge in [0.15, 0.2) is 5.82 Å². The van der Waals surface area contributed by atoms with Gasteiger partial charge in [-0.15, -0.1) is 0 Å². The molecule has 0 amide bonds. The first-order valence-corrected chi connectivity index (χ1v) is 7.78. The van der Waals surface area contributed by atoms with Crippen molar-refractivity contribution < 1.29 is 4.52 Å². The molecule has 1 aromatic rings. The lowest BCUT2D eigenvalue weighted by Crippen LogP contribution is -2.30. The van der Waals surface area contributed by atoms with Gasteiger partial charge in [0.2, 0.25) is 5.89 Å². The molecule has 1 fully saturated rings. The van der Waals surface area contributed by atoms with Crippen LogP contribution in [0.5, 0.6) is 0 Å². The Morgan fingerprint density at radius 3 is 2.89 bits per heavy atom. The van der Waals surface area contributed by atoms with Gasteiger partial charge in [0.1, 0.15) is 0 Å². The van der Waals surface area contributed by atoms with Crippen LogP contribution in [0.1, 0.15) is 70.5 Å². The van der Waals surface area contributed by atoms with Gasteiger partial charge in [0.25, 0.3) is 0 Å². The molecule has 3 atom stereocenters. The molecule has 0 aromatic carbocycles. The normalized spacial score (nSPS) is 25.4. The number of nitrogens with one attached hydrogen (secondary N) is 1. The summed E-state index contributed by atoms with van der Waals surface area (Å²) >= 11 is 0. The molecule has 0 bridgehead atoms. The van der Waals surface area contributed by atoms with Crippen molar-refractivity contribution in [3.63, 3.8) is 0 Å². The minimum absolute atomic E-state index is 0.448. The van der Waals surface area contributed by atoms with Crippen molar-refractivity contribution >= 4 is 0 Å². The van der Waals surface area contributed by atoms with E-state index in [0.717, 1.165) is 37.0 Å². The summed E-state index contributed by atoms with van der Waals surface area (Å²) in [5.74, 6) is 3.04. The molecule has 1 N–H and O–H groups in total. The first kappa shape index (κ1) is 14.5. The predicted molar refractivity (Wildman–Crippen MR) is 76.1 cm³/mol. The molecule has 4 nitrogen and oxygen atoms in total. The van der Waals surface area contributed by atoms with E-state index in [1.54, 1.807) is 0 Å². The molecule has 1 aliphatic carbocycles. The summed E-state index contributed by atoms with van der Waals surface area (Å²) in [6.07, 6.45) is 7.01. The topological polar surface area (TPSA) is 51.0 Å². The van der Waals surface area contributed by atoms with Gasteiger partial charge < -0.3 is 9.84 Å². The Bertz CT molecular complexity index is 377. The van der Waals surface area contributed by atoms with E-state index >= 15 is 0 Å². The highest BCUT2D eigenvalue weighted by atomic mass is 16.5. The minimum Gasteiger partial charge on any atom is -0.339 e. The zero-order chi connectivity index (χ0) is 13.7. The zero-order valence-electron chi connectivity index (χ0n) is 12.5. The molecule has 1 saturated carbocycles. The van der Waals surface area contributed by atoms with Gasteiger partial charge in [-0.05, 0) is 31.7 Å². The average molecular weight is 265 g/mol. The summed E-state index contributed by atoms with van der Waals surface area (Å²) < 4.78 is 5.43. The van der Waals surface area contributed by atoms with Crippen LogP contribution in [0.2, 0.25) is 0 Å². The van der Waals surface area contributed by atoms with Crippen molar-refractivity contribution in [1.29, 1.82) is 0 Å². The highest BCUT2D eigenvalue weighted by Crippen LogP contribution is 2.34. The molecular weight excluding hydrogens is 238 g/mol. The molecule has 3 unspecified atom stereocenters. The Morgan fingerprint density at radius 1 is 1.37 bits per heavy atom. The first-order chi connectivity index (χ1) is 9.22. The smallest absolute Gasteiger partial charge is 0.228 e. The van der Waals surface area contributed by atoms with Crippen LogP contribution in [0, 0.1) is 5.92 Å². The summed E-state index contributed by atoms with van der Waals surface area (Å²) in [6, 6.07) is 0.448. The molecule has 0 saturated heterocycles. The van der Waals surface area contributed by atoms with Gasteiger partial charge in [0, 0.05) is 18.4 Å². The summed E-state index contributed by atoms with van der Waals surface area (Å²) in [6.45, 7) is 7.63. The third-order valence-electron chi connectivity index (χ3n) is 4.19. The van der Waals surface area contributed by atoms with Crippen LogP contribution in [-0.4, -0.2) is 22.7 Å². The molecule has 108 valence electrons. The summed E-state index contributed by atoms with van der Waals surface area (Å²) in [7, 11) is 0. The van der Waals surface area contributed by atoms with Gasteiger partial charge in [-0.3, -0.25) is 0 Å². The Balaban J connectivity index is 1.94. The highest BCUT2D eigenvalue weighted by molar-refractivity contribution is 4.98. The largest absolute Gasteiger partial charge is 0.339 e. The Kier molecular flexibility index (Phi) is 5.37. The lowest BCUT2D eigenvalue weighted by molar-refractivity contribution is 0.316. The fourth-order valence-electron chi connectivity index (χ4n) is 3.05. The number of rotatable bonds is 6. The molecule has 1 aromatic heterocycles. The SMILES string of the molecule is CCNC(CC)Cc1nc(C2CCCC(C)C2)no1. The summed E-state index contributed by atoms with van der Waals surface area (Å²) in [5.41, 5.74) is 0. The maximum atomic E-state index is 5.43. The number of hydrogen-bond acceptors (Lipinski definition) is 4. The fraction of sp³-hybridized carbons (Fsp3) is 0.867. The first-order valence-electron chi connectivity index (χ1n) is 7.78. The van der Waals surface area contributed by atoms with E-state index in [0.29, 0.717) is 12.0 Å². The maximum absolute atomic E-state index is 5.43. The van der Waals surface area contributed by atoms with E-state index < -0.39 is 0 Å². The van der Waals surface area contributed by atoms with Crippen LogP contribution >= 0.6 is 0 Å².